The van der Waals surface area contributed by atoms with Gasteiger partial charge in [0, 0.05) is 10.6 Å². The minimum absolute atomic E-state index is 0.0422. The number of sulfonamides is 1. The molecule has 33 heavy (non-hydrogen) atoms. The van der Waals surface area contributed by atoms with Crippen LogP contribution in [0.25, 0.3) is 0 Å². The van der Waals surface area contributed by atoms with Gasteiger partial charge < -0.3 is 4.74 Å². The van der Waals surface area contributed by atoms with E-state index in [1.54, 1.807) is 67.6 Å². The average molecular weight is 506 g/mol. The lowest BCUT2D eigenvalue weighted by Crippen LogP contribution is -2.39. The number of anilines is 1. The Bertz CT molecular complexity index is 1250. The molecule has 0 saturated carbocycles. The highest BCUT2D eigenvalue weighted by atomic mass is 35.5. The molecule has 0 heterocycles. The SMILES string of the molecule is CCOc1ccccc1N(CC(=O)N/N=C\c1ccc(Cl)cc1Cl)S(=O)(=O)c1ccccc1. The van der Waals surface area contributed by atoms with Gasteiger partial charge in [-0.25, -0.2) is 13.8 Å². The molecule has 0 aliphatic carbocycles. The summed E-state index contributed by atoms with van der Waals surface area (Å²) in [5, 5.41) is 4.72. The fourth-order valence-electron chi connectivity index (χ4n) is 2.91. The number of nitrogens with zero attached hydrogens (tertiary/aromatic N) is 2. The maximum absolute atomic E-state index is 13.4. The number of carbonyl (C=O) groups excluding carboxylic acids is 1. The molecule has 10 heteroatoms. The van der Waals surface area contributed by atoms with Crippen LogP contribution < -0.4 is 14.5 Å². The predicted octanol–water partition coefficient (Wildman–Crippen LogP) is 4.74. The third-order valence-electron chi connectivity index (χ3n) is 4.41. The first-order valence-electron chi connectivity index (χ1n) is 9.89. The van der Waals surface area contributed by atoms with Crippen molar-refractivity contribution in [2.75, 3.05) is 17.5 Å². The van der Waals surface area contributed by atoms with Gasteiger partial charge in [-0.15, -0.1) is 0 Å². The molecule has 0 atom stereocenters. The summed E-state index contributed by atoms with van der Waals surface area (Å²) in [6.07, 6.45) is 1.35. The summed E-state index contributed by atoms with van der Waals surface area (Å²) in [5.41, 5.74) is 3.12. The number of halogens is 2. The van der Waals surface area contributed by atoms with Crippen LogP contribution in [0.2, 0.25) is 10.0 Å². The third-order valence-corrected chi connectivity index (χ3v) is 6.74. The van der Waals surface area contributed by atoms with Crippen LogP contribution in [0.4, 0.5) is 5.69 Å². The van der Waals surface area contributed by atoms with E-state index in [1.165, 1.54) is 18.3 Å². The Kier molecular flexibility index (Phi) is 8.32. The first-order chi connectivity index (χ1) is 15.8. The number of para-hydroxylation sites is 2. The van der Waals surface area contributed by atoms with Crippen LogP contribution in [0.3, 0.4) is 0 Å². The molecule has 0 spiro atoms. The third kappa shape index (κ3) is 6.25. The molecule has 0 saturated heterocycles. The van der Waals surface area contributed by atoms with Crippen LogP contribution in [-0.4, -0.2) is 33.7 Å². The Hall–Kier alpha value is -3.07. The van der Waals surface area contributed by atoms with Crippen molar-refractivity contribution < 1.29 is 17.9 Å². The molecular formula is C23H21Cl2N3O4S. The number of nitrogens with one attached hydrogen (secondary N) is 1. The number of rotatable bonds is 9. The summed E-state index contributed by atoms with van der Waals surface area (Å²) < 4.78 is 33.4. The number of benzene rings is 3. The van der Waals surface area contributed by atoms with E-state index in [0.29, 0.717) is 28.0 Å². The average Bonchev–Trinajstić information content (AvgIpc) is 2.80. The van der Waals surface area contributed by atoms with Gasteiger partial charge in [0.05, 0.1) is 28.4 Å². The monoisotopic (exact) mass is 505 g/mol. The van der Waals surface area contributed by atoms with Crippen molar-refractivity contribution in [1.82, 2.24) is 5.43 Å². The molecule has 0 aliphatic heterocycles. The fraction of sp³-hybridized carbons (Fsp3) is 0.130. The second kappa shape index (κ2) is 11.2. The van der Waals surface area contributed by atoms with Crippen LogP contribution in [-0.2, 0) is 14.8 Å². The summed E-state index contributed by atoms with van der Waals surface area (Å²) in [5.74, 6) is -0.314. The lowest BCUT2D eigenvalue weighted by molar-refractivity contribution is -0.119. The van der Waals surface area contributed by atoms with Crippen LogP contribution in [0, 0.1) is 0 Å². The zero-order valence-electron chi connectivity index (χ0n) is 17.6. The van der Waals surface area contributed by atoms with Gasteiger partial charge in [-0.1, -0.05) is 59.6 Å². The van der Waals surface area contributed by atoms with Crippen LogP contribution in [0.5, 0.6) is 5.75 Å². The largest absolute Gasteiger partial charge is 0.492 e. The number of amides is 1. The van der Waals surface area contributed by atoms with Gasteiger partial charge in [-0.3, -0.25) is 9.10 Å². The molecule has 3 aromatic carbocycles. The van der Waals surface area contributed by atoms with Crippen LogP contribution in [0.1, 0.15) is 12.5 Å². The summed E-state index contributed by atoms with van der Waals surface area (Å²) in [7, 11) is -4.07. The first-order valence-corrected chi connectivity index (χ1v) is 12.1. The molecule has 0 unspecified atom stereocenters. The van der Waals surface area contributed by atoms with Gasteiger partial charge in [0.25, 0.3) is 15.9 Å². The summed E-state index contributed by atoms with van der Waals surface area (Å²) >= 11 is 12.0. The maximum atomic E-state index is 13.4. The van der Waals surface area contributed by atoms with E-state index in [1.807, 2.05) is 0 Å². The standard InChI is InChI=1S/C23H21Cl2N3O4S/c1-2-32-22-11-7-6-10-21(22)28(33(30,31)19-8-4-3-5-9-19)16-23(29)27-26-15-17-12-13-18(24)14-20(17)25/h3-15H,2,16H2,1H3,(H,27,29)/b26-15-. The van der Waals surface area contributed by atoms with Gasteiger partial charge in [0.15, 0.2) is 0 Å². The Morgan fingerprint density at radius 1 is 1.06 bits per heavy atom. The molecule has 0 aromatic heterocycles. The number of hydrazone groups is 1. The topological polar surface area (TPSA) is 88.1 Å². The quantitative estimate of drug-likeness (QED) is 0.336. The smallest absolute Gasteiger partial charge is 0.264 e. The highest BCUT2D eigenvalue weighted by molar-refractivity contribution is 7.92. The molecule has 7 nitrogen and oxygen atoms in total. The zero-order valence-corrected chi connectivity index (χ0v) is 19.9. The molecule has 172 valence electrons. The van der Waals surface area contributed by atoms with E-state index < -0.39 is 22.5 Å². The van der Waals surface area contributed by atoms with E-state index in [0.717, 1.165) is 4.31 Å². The van der Waals surface area contributed by atoms with E-state index in [2.05, 4.69) is 10.5 Å². The van der Waals surface area contributed by atoms with Crippen molar-refractivity contribution in [2.24, 2.45) is 5.10 Å². The lowest BCUT2D eigenvalue weighted by atomic mass is 10.2. The van der Waals surface area contributed by atoms with Crippen LogP contribution >= 0.6 is 23.2 Å². The number of carbonyl (C=O) groups is 1. The molecule has 3 rings (SSSR count). The van der Waals surface area contributed by atoms with E-state index in [4.69, 9.17) is 27.9 Å². The van der Waals surface area contributed by atoms with Crippen molar-refractivity contribution in [2.45, 2.75) is 11.8 Å². The van der Waals surface area contributed by atoms with E-state index in [-0.39, 0.29) is 10.6 Å². The summed E-state index contributed by atoms with van der Waals surface area (Å²) in [6.45, 7) is 1.59. The van der Waals surface area contributed by atoms with Gasteiger partial charge in [0.2, 0.25) is 0 Å². The van der Waals surface area contributed by atoms with Crippen molar-refractivity contribution in [3.05, 3.63) is 88.4 Å². The van der Waals surface area contributed by atoms with Gasteiger partial charge in [-0.05, 0) is 43.3 Å². The highest BCUT2D eigenvalue weighted by Gasteiger charge is 2.29. The maximum Gasteiger partial charge on any atom is 0.264 e. The Morgan fingerprint density at radius 3 is 2.45 bits per heavy atom. The second-order valence-electron chi connectivity index (χ2n) is 6.68. The molecule has 0 bridgehead atoms. The van der Waals surface area contributed by atoms with Gasteiger partial charge in [0.1, 0.15) is 12.3 Å². The number of hydrogen-bond acceptors (Lipinski definition) is 5. The predicted molar refractivity (Wildman–Crippen MR) is 131 cm³/mol. The fourth-order valence-corrected chi connectivity index (χ4v) is 4.82. The molecule has 3 aromatic rings. The molecule has 0 aliphatic rings. The normalized spacial score (nSPS) is 11.4. The highest BCUT2D eigenvalue weighted by Crippen LogP contribution is 2.32. The first kappa shape index (κ1) is 24.6. The number of hydrogen-bond donors (Lipinski definition) is 1. The summed E-state index contributed by atoms with van der Waals surface area (Å²) in [6, 6.07) is 19.3. The van der Waals surface area contributed by atoms with E-state index >= 15 is 0 Å². The molecule has 0 fully saturated rings. The van der Waals surface area contributed by atoms with Gasteiger partial charge >= 0.3 is 0 Å². The van der Waals surface area contributed by atoms with Crippen molar-refractivity contribution in [3.63, 3.8) is 0 Å². The minimum atomic E-state index is -4.07. The Morgan fingerprint density at radius 2 is 1.76 bits per heavy atom. The second-order valence-corrected chi connectivity index (χ2v) is 9.39. The van der Waals surface area contributed by atoms with E-state index in [9.17, 15) is 13.2 Å². The van der Waals surface area contributed by atoms with Crippen molar-refractivity contribution in [3.8, 4) is 5.75 Å². The molecule has 1 N–H and O–H groups in total. The molecular weight excluding hydrogens is 485 g/mol. The van der Waals surface area contributed by atoms with Gasteiger partial charge in [-0.2, -0.15) is 5.10 Å². The lowest BCUT2D eigenvalue weighted by Gasteiger charge is -2.25. The van der Waals surface area contributed by atoms with Crippen LogP contribution in [0.15, 0.2) is 82.8 Å². The number of ether oxygens (including phenoxy) is 1. The Labute approximate surface area is 202 Å². The molecule has 0 radical (unpaired) electrons. The zero-order chi connectivity index (χ0) is 23.8. The molecule has 1 amide bonds. The van der Waals surface area contributed by atoms with Crippen molar-refractivity contribution in [1.29, 1.82) is 0 Å². The Balaban J connectivity index is 1.89. The minimum Gasteiger partial charge on any atom is -0.492 e. The summed E-state index contributed by atoms with van der Waals surface area (Å²) in [4.78, 5) is 12.7. The van der Waals surface area contributed by atoms with Crippen molar-refractivity contribution >= 4 is 51.0 Å².